The number of benzene rings is 1. The highest BCUT2D eigenvalue weighted by Crippen LogP contribution is 2.15. The quantitative estimate of drug-likeness (QED) is 0.796. The van der Waals surface area contributed by atoms with E-state index in [0.717, 1.165) is 11.3 Å². The lowest BCUT2D eigenvalue weighted by Gasteiger charge is -2.08. The monoisotopic (exact) mass is 293 g/mol. The Balaban J connectivity index is 1.70. The summed E-state index contributed by atoms with van der Waals surface area (Å²) in [7, 11) is 1.65. The van der Waals surface area contributed by atoms with Crippen LogP contribution in [0.15, 0.2) is 36.8 Å². The molecular weight excluding hydrogens is 278 g/mol. The maximum absolute atomic E-state index is 5.92. The summed E-state index contributed by atoms with van der Waals surface area (Å²) in [4.78, 5) is 7.85. The van der Waals surface area contributed by atoms with Gasteiger partial charge in [0.2, 0.25) is 0 Å². The van der Waals surface area contributed by atoms with Crippen LogP contribution in [0.3, 0.4) is 0 Å². The van der Waals surface area contributed by atoms with Crippen LogP contribution in [0.4, 0.5) is 5.82 Å². The number of ether oxygens (including phenoxy) is 2. The summed E-state index contributed by atoms with van der Waals surface area (Å²) in [5, 5.41) is 3.59. The molecule has 2 aromatic rings. The van der Waals surface area contributed by atoms with Crippen LogP contribution in [-0.2, 0) is 11.3 Å². The minimum absolute atomic E-state index is 0.500. The van der Waals surface area contributed by atoms with Gasteiger partial charge < -0.3 is 14.8 Å². The molecule has 1 aromatic heterocycles. The molecule has 1 aromatic carbocycles. The van der Waals surface area contributed by atoms with Gasteiger partial charge in [0, 0.05) is 6.54 Å². The standard InChI is InChI=1S/C14H16ClN3O2/c1-19-12-4-2-3-11(7-12)9-20-6-5-17-14-13(15)8-16-10-18-14/h2-4,7-8,10H,5-6,9H2,1H3,(H,16,17,18). The average Bonchev–Trinajstić information content (AvgIpc) is 2.49. The Labute approximate surface area is 122 Å². The van der Waals surface area contributed by atoms with Crippen LogP contribution in [-0.4, -0.2) is 30.2 Å². The fourth-order valence-corrected chi connectivity index (χ4v) is 1.81. The van der Waals surface area contributed by atoms with Gasteiger partial charge in [-0.3, -0.25) is 0 Å². The fraction of sp³-hybridized carbons (Fsp3) is 0.286. The summed E-state index contributed by atoms with van der Waals surface area (Å²) < 4.78 is 10.7. The molecule has 106 valence electrons. The second-order valence-electron chi connectivity index (χ2n) is 4.05. The number of rotatable bonds is 7. The second-order valence-corrected chi connectivity index (χ2v) is 4.46. The lowest BCUT2D eigenvalue weighted by molar-refractivity contribution is 0.130. The number of hydrogen-bond donors (Lipinski definition) is 1. The molecule has 0 spiro atoms. The van der Waals surface area contributed by atoms with Crippen molar-refractivity contribution in [1.82, 2.24) is 9.97 Å². The summed E-state index contributed by atoms with van der Waals surface area (Å²) >= 11 is 5.92. The normalized spacial score (nSPS) is 10.3. The SMILES string of the molecule is COc1cccc(COCCNc2ncncc2Cl)c1. The number of halogens is 1. The van der Waals surface area contributed by atoms with Crippen molar-refractivity contribution in [2.24, 2.45) is 0 Å². The van der Waals surface area contributed by atoms with E-state index in [9.17, 15) is 0 Å². The van der Waals surface area contributed by atoms with Crippen molar-refractivity contribution >= 4 is 17.4 Å². The van der Waals surface area contributed by atoms with Crippen LogP contribution in [0.2, 0.25) is 5.02 Å². The van der Waals surface area contributed by atoms with Crippen molar-refractivity contribution in [1.29, 1.82) is 0 Å². The third-order valence-electron chi connectivity index (χ3n) is 2.61. The summed E-state index contributed by atoms with van der Waals surface area (Å²) in [5.74, 6) is 1.45. The lowest BCUT2D eigenvalue weighted by Crippen LogP contribution is -2.10. The molecule has 0 bridgehead atoms. The third kappa shape index (κ3) is 4.36. The van der Waals surface area contributed by atoms with Gasteiger partial charge in [0.25, 0.3) is 0 Å². The molecule has 5 nitrogen and oxygen atoms in total. The zero-order valence-electron chi connectivity index (χ0n) is 11.2. The van der Waals surface area contributed by atoms with Crippen LogP contribution >= 0.6 is 11.6 Å². The molecule has 0 saturated carbocycles. The van der Waals surface area contributed by atoms with Gasteiger partial charge in [0.05, 0.1) is 26.5 Å². The van der Waals surface area contributed by atoms with E-state index in [0.29, 0.717) is 30.6 Å². The average molecular weight is 294 g/mol. The minimum Gasteiger partial charge on any atom is -0.497 e. The Bertz CT molecular complexity index is 551. The van der Waals surface area contributed by atoms with Crippen LogP contribution in [0, 0.1) is 0 Å². The van der Waals surface area contributed by atoms with Crippen molar-refractivity contribution < 1.29 is 9.47 Å². The minimum atomic E-state index is 0.500. The smallest absolute Gasteiger partial charge is 0.148 e. The number of nitrogens with zero attached hydrogens (tertiary/aromatic N) is 2. The van der Waals surface area contributed by atoms with E-state index < -0.39 is 0 Å². The van der Waals surface area contributed by atoms with Crippen molar-refractivity contribution in [2.75, 3.05) is 25.6 Å². The number of anilines is 1. The zero-order valence-corrected chi connectivity index (χ0v) is 11.9. The first-order chi connectivity index (χ1) is 9.79. The molecule has 0 radical (unpaired) electrons. The van der Waals surface area contributed by atoms with Gasteiger partial charge in [0.1, 0.15) is 22.9 Å². The van der Waals surface area contributed by atoms with Crippen LogP contribution in [0.1, 0.15) is 5.56 Å². The second kappa shape index (κ2) is 7.67. The van der Waals surface area contributed by atoms with Gasteiger partial charge in [-0.2, -0.15) is 0 Å². The fourth-order valence-electron chi connectivity index (χ4n) is 1.64. The molecule has 1 N–H and O–H groups in total. The van der Waals surface area contributed by atoms with E-state index in [1.807, 2.05) is 24.3 Å². The number of hydrogen-bond acceptors (Lipinski definition) is 5. The molecule has 0 fully saturated rings. The zero-order chi connectivity index (χ0) is 14.2. The van der Waals surface area contributed by atoms with E-state index in [-0.39, 0.29) is 0 Å². The molecular formula is C14H16ClN3O2. The molecule has 6 heteroatoms. The van der Waals surface area contributed by atoms with Gasteiger partial charge in [-0.1, -0.05) is 23.7 Å². The number of nitrogens with one attached hydrogen (secondary N) is 1. The summed E-state index contributed by atoms with van der Waals surface area (Å²) in [6.45, 7) is 1.72. The highest BCUT2D eigenvalue weighted by Gasteiger charge is 2.00. The third-order valence-corrected chi connectivity index (χ3v) is 2.89. The molecule has 0 saturated heterocycles. The first kappa shape index (κ1) is 14.6. The Hall–Kier alpha value is -1.85. The van der Waals surface area contributed by atoms with Crippen molar-refractivity contribution in [2.45, 2.75) is 6.61 Å². The van der Waals surface area contributed by atoms with Gasteiger partial charge in [-0.15, -0.1) is 0 Å². The molecule has 0 unspecified atom stereocenters. The Kier molecular flexibility index (Phi) is 5.58. The molecule has 0 atom stereocenters. The van der Waals surface area contributed by atoms with E-state index in [4.69, 9.17) is 21.1 Å². The molecule has 1 heterocycles. The lowest BCUT2D eigenvalue weighted by atomic mass is 10.2. The molecule has 0 amide bonds. The van der Waals surface area contributed by atoms with E-state index in [2.05, 4.69) is 15.3 Å². The maximum Gasteiger partial charge on any atom is 0.148 e. The van der Waals surface area contributed by atoms with E-state index >= 15 is 0 Å². The van der Waals surface area contributed by atoms with Crippen molar-refractivity contribution in [3.05, 3.63) is 47.4 Å². The van der Waals surface area contributed by atoms with Crippen molar-refractivity contribution in [3.8, 4) is 5.75 Å². The first-order valence-electron chi connectivity index (χ1n) is 6.19. The van der Waals surface area contributed by atoms with Gasteiger partial charge in [0.15, 0.2) is 0 Å². The highest BCUT2D eigenvalue weighted by atomic mass is 35.5. The maximum atomic E-state index is 5.92. The molecule has 0 aliphatic carbocycles. The van der Waals surface area contributed by atoms with Crippen LogP contribution in [0.25, 0.3) is 0 Å². The topological polar surface area (TPSA) is 56.3 Å². The van der Waals surface area contributed by atoms with E-state index in [1.54, 1.807) is 13.3 Å². The first-order valence-corrected chi connectivity index (χ1v) is 6.57. The Morgan fingerprint density at radius 1 is 1.35 bits per heavy atom. The molecule has 0 aliphatic heterocycles. The predicted molar refractivity (Wildman–Crippen MR) is 78.2 cm³/mol. The van der Waals surface area contributed by atoms with Gasteiger partial charge in [-0.05, 0) is 17.7 Å². The van der Waals surface area contributed by atoms with Gasteiger partial charge >= 0.3 is 0 Å². The summed E-state index contributed by atoms with van der Waals surface area (Å²) in [6.07, 6.45) is 3.00. The summed E-state index contributed by atoms with van der Waals surface area (Å²) in [6, 6.07) is 7.80. The van der Waals surface area contributed by atoms with Crippen LogP contribution in [0.5, 0.6) is 5.75 Å². The van der Waals surface area contributed by atoms with Crippen LogP contribution < -0.4 is 10.1 Å². The number of aromatic nitrogens is 2. The molecule has 0 aliphatic rings. The largest absolute Gasteiger partial charge is 0.497 e. The van der Waals surface area contributed by atoms with Crippen molar-refractivity contribution in [3.63, 3.8) is 0 Å². The summed E-state index contributed by atoms with van der Waals surface area (Å²) in [5.41, 5.74) is 1.07. The predicted octanol–water partition coefficient (Wildman–Crippen LogP) is 2.77. The Morgan fingerprint density at radius 2 is 2.25 bits per heavy atom. The number of methoxy groups -OCH3 is 1. The molecule has 20 heavy (non-hydrogen) atoms. The molecule has 2 rings (SSSR count). The van der Waals surface area contributed by atoms with E-state index in [1.165, 1.54) is 6.33 Å². The highest BCUT2D eigenvalue weighted by molar-refractivity contribution is 6.32. The van der Waals surface area contributed by atoms with Gasteiger partial charge in [-0.25, -0.2) is 9.97 Å². The Morgan fingerprint density at radius 3 is 3.05 bits per heavy atom.